The molecule has 0 aromatic heterocycles. The highest BCUT2D eigenvalue weighted by Crippen LogP contribution is 2.15. The third kappa shape index (κ3) is 4.06. The van der Waals surface area contributed by atoms with Crippen molar-refractivity contribution in [1.82, 2.24) is 0 Å². The molecule has 0 atom stereocenters. The van der Waals surface area contributed by atoms with E-state index in [1.54, 1.807) is 0 Å². The Morgan fingerprint density at radius 1 is 1.23 bits per heavy atom. The minimum Gasteiger partial charge on any atom is -0.325 e. The van der Waals surface area contributed by atoms with Crippen LogP contribution in [0.1, 0.15) is 19.3 Å². The summed E-state index contributed by atoms with van der Waals surface area (Å²) in [6.45, 7) is 2.61. The average Bonchev–Trinajstić information content (AvgIpc) is 2.02. The molecule has 0 aromatic carbocycles. The number of nitrogens with zero attached hydrogens (tertiary/aromatic N) is 1. The van der Waals surface area contributed by atoms with Crippen LogP contribution in [-0.2, 0) is 10.1 Å². The summed E-state index contributed by atoms with van der Waals surface area (Å²) in [6, 6.07) is 0. The van der Waals surface area contributed by atoms with Crippen molar-refractivity contribution in [2.24, 2.45) is 0 Å². The highest BCUT2D eigenvalue weighted by molar-refractivity contribution is 7.85. The van der Waals surface area contributed by atoms with Crippen LogP contribution in [0.25, 0.3) is 0 Å². The maximum Gasteiger partial charge on any atom is 0.270 e. The van der Waals surface area contributed by atoms with E-state index in [1.165, 1.54) is 19.3 Å². The zero-order valence-electron chi connectivity index (χ0n) is 8.07. The van der Waals surface area contributed by atoms with Gasteiger partial charge in [-0.05, 0) is 19.3 Å². The molecule has 13 heavy (non-hydrogen) atoms. The van der Waals surface area contributed by atoms with E-state index in [0.29, 0.717) is 6.54 Å². The third-order valence-electron chi connectivity index (χ3n) is 2.78. The first-order valence-corrected chi connectivity index (χ1v) is 6.31. The van der Waals surface area contributed by atoms with Gasteiger partial charge < -0.3 is 4.48 Å². The molecule has 5 heteroatoms. The van der Waals surface area contributed by atoms with Crippen LogP contribution < -0.4 is 0 Å². The van der Waals surface area contributed by atoms with Gasteiger partial charge in [0, 0.05) is 0 Å². The summed E-state index contributed by atoms with van der Waals surface area (Å²) < 4.78 is 30.5. The van der Waals surface area contributed by atoms with Crippen LogP contribution in [0, 0.1) is 0 Å². The van der Waals surface area contributed by atoms with Crippen molar-refractivity contribution in [2.75, 3.05) is 32.4 Å². The minimum atomic E-state index is -3.78. The summed E-state index contributed by atoms with van der Waals surface area (Å²) in [5.74, 6) is -0.108. The first kappa shape index (κ1) is 10.9. The topological polar surface area (TPSA) is 54.4 Å². The van der Waals surface area contributed by atoms with Crippen LogP contribution in [0.2, 0.25) is 0 Å². The van der Waals surface area contributed by atoms with E-state index >= 15 is 0 Å². The van der Waals surface area contributed by atoms with Crippen molar-refractivity contribution in [1.29, 1.82) is 0 Å². The monoisotopic (exact) mass is 208 g/mol. The first-order chi connectivity index (χ1) is 5.91. The molecule has 0 radical (unpaired) electrons. The van der Waals surface area contributed by atoms with Crippen LogP contribution in [0.5, 0.6) is 0 Å². The number of likely N-dealkylation sites (tertiary alicyclic amines) is 1. The highest BCUT2D eigenvalue weighted by Gasteiger charge is 2.26. The fourth-order valence-corrected chi connectivity index (χ4v) is 2.51. The van der Waals surface area contributed by atoms with Crippen molar-refractivity contribution in [3.8, 4) is 0 Å². The van der Waals surface area contributed by atoms with Crippen molar-refractivity contribution in [2.45, 2.75) is 19.3 Å². The predicted molar refractivity (Wildman–Crippen MR) is 51.1 cm³/mol. The van der Waals surface area contributed by atoms with Gasteiger partial charge in [-0.3, -0.25) is 4.55 Å². The number of quaternary nitrogens is 1. The fourth-order valence-electron chi connectivity index (χ4n) is 1.83. The van der Waals surface area contributed by atoms with E-state index in [9.17, 15) is 8.42 Å². The first-order valence-electron chi connectivity index (χ1n) is 4.70. The molecular weight excluding hydrogens is 190 g/mol. The fraction of sp³-hybridized carbons (Fsp3) is 1.00. The Labute approximate surface area is 79.9 Å². The molecule has 1 heterocycles. The van der Waals surface area contributed by atoms with Gasteiger partial charge in [-0.1, -0.05) is 0 Å². The maximum atomic E-state index is 10.6. The van der Waals surface area contributed by atoms with Gasteiger partial charge in [0.05, 0.1) is 26.7 Å². The Morgan fingerprint density at radius 3 is 2.23 bits per heavy atom. The van der Waals surface area contributed by atoms with Crippen LogP contribution in [0.3, 0.4) is 0 Å². The van der Waals surface area contributed by atoms with Gasteiger partial charge >= 0.3 is 0 Å². The average molecular weight is 208 g/mol. The van der Waals surface area contributed by atoms with Gasteiger partial charge in [-0.15, -0.1) is 0 Å². The van der Waals surface area contributed by atoms with E-state index in [2.05, 4.69) is 7.05 Å². The quantitative estimate of drug-likeness (QED) is 0.543. The lowest BCUT2D eigenvalue weighted by atomic mass is 10.1. The van der Waals surface area contributed by atoms with E-state index in [-0.39, 0.29) is 5.75 Å². The molecule has 1 saturated heterocycles. The zero-order chi connectivity index (χ0) is 9.95. The van der Waals surface area contributed by atoms with Gasteiger partial charge in [-0.2, -0.15) is 8.42 Å². The minimum absolute atomic E-state index is 0.108. The normalized spacial score (nSPS) is 22.9. The van der Waals surface area contributed by atoms with Crippen LogP contribution in [-0.4, -0.2) is 49.9 Å². The molecule has 0 spiro atoms. The molecule has 0 unspecified atom stereocenters. The number of rotatable bonds is 3. The number of piperidine rings is 1. The van der Waals surface area contributed by atoms with Crippen molar-refractivity contribution >= 4 is 10.1 Å². The molecule has 1 N–H and O–H groups in total. The molecule has 0 saturated carbocycles. The number of hydrogen-bond acceptors (Lipinski definition) is 2. The van der Waals surface area contributed by atoms with Gasteiger partial charge in [-0.25, -0.2) is 0 Å². The number of hydrogen-bond donors (Lipinski definition) is 1. The lowest BCUT2D eigenvalue weighted by Gasteiger charge is -2.37. The standard InChI is InChI=1S/C8H17NO3S/c1-9(5-3-2-4-6-9)7-8-13(10,11)12/h2-8H2,1H3/p+1. The largest absolute Gasteiger partial charge is 0.325 e. The molecule has 4 nitrogen and oxygen atoms in total. The predicted octanol–water partition coefficient (Wildman–Crippen LogP) is 0.505. The van der Waals surface area contributed by atoms with E-state index in [4.69, 9.17) is 4.55 Å². The van der Waals surface area contributed by atoms with E-state index < -0.39 is 10.1 Å². The van der Waals surface area contributed by atoms with Gasteiger partial charge in [0.15, 0.2) is 0 Å². The zero-order valence-corrected chi connectivity index (χ0v) is 8.89. The second-order valence-electron chi connectivity index (χ2n) is 4.14. The van der Waals surface area contributed by atoms with Crippen LogP contribution in [0.15, 0.2) is 0 Å². The molecule has 0 aliphatic carbocycles. The summed E-state index contributed by atoms with van der Waals surface area (Å²) in [5, 5.41) is 0. The summed E-state index contributed by atoms with van der Waals surface area (Å²) in [4.78, 5) is 0. The molecule has 78 valence electrons. The van der Waals surface area contributed by atoms with Gasteiger partial charge in [0.2, 0.25) is 0 Å². The summed E-state index contributed by atoms with van der Waals surface area (Å²) in [5.41, 5.74) is 0. The summed E-state index contributed by atoms with van der Waals surface area (Å²) in [6.07, 6.45) is 3.59. The van der Waals surface area contributed by atoms with Gasteiger partial charge in [0.25, 0.3) is 10.1 Å². The molecule has 1 fully saturated rings. The lowest BCUT2D eigenvalue weighted by molar-refractivity contribution is -0.911. The summed E-state index contributed by atoms with van der Waals surface area (Å²) in [7, 11) is -1.72. The molecule has 0 amide bonds. The van der Waals surface area contributed by atoms with Crippen molar-refractivity contribution in [3.05, 3.63) is 0 Å². The van der Waals surface area contributed by atoms with Crippen molar-refractivity contribution < 1.29 is 17.5 Å². The highest BCUT2D eigenvalue weighted by atomic mass is 32.2. The van der Waals surface area contributed by atoms with Crippen LogP contribution >= 0.6 is 0 Å². The Hall–Kier alpha value is -0.130. The van der Waals surface area contributed by atoms with E-state index in [0.717, 1.165) is 17.6 Å². The molecule has 1 aliphatic rings. The Kier molecular flexibility index (Phi) is 3.32. The lowest BCUT2D eigenvalue weighted by Crippen LogP contribution is -2.50. The molecule has 0 bridgehead atoms. The van der Waals surface area contributed by atoms with E-state index in [1.807, 2.05) is 0 Å². The Bertz CT molecular complexity index is 255. The Morgan fingerprint density at radius 2 is 1.77 bits per heavy atom. The SMILES string of the molecule is C[N+]1(CCS(=O)(=O)O)CCCCC1. The van der Waals surface area contributed by atoms with Crippen molar-refractivity contribution in [3.63, 3.8) is 0 Å². The second-order valence-corrected chi connectivity index (χ2v) is 5.71. The Balaban J connectivity index is 2.42. The second kappa shape index (κ2) is 3.94. The molecular formula is C8H18NO3S+. The third-order valence-corrected chi connectivity index (χ3v) is 3.48. The molecule has 1 rings (SSSR count). The smallest absolute Gasteiger partial charge is 0.270 e. The van der Waals surface area contributed by atoms with Gasteiger partial charge in [0.1, 0.15) is 5.75 Å². The maximum absolute atomic E-state index is 10.6. The molecule has 0 aromatic rings. The van der Waals surface area contributed by atoms with Crippen LogP contribution in [0.4, 0.5) is 0 Å². The molecule has 1 aliphatic heterocycles. The summed E-state index contributed by atoms with van der Waals surface area (Å²) >= 11 is 0.